The third-order valence-corrected chi connectivity index (χ3v) is 6.63. The average molecular weight is 340 g/mol. The summed E-state index contributed by atoms with van der Waals surface area (Å²) in [6.45, 7) is 0.0691. The van der Waals surface area contributed by atoms with E-state index in [2.05, 4.69) is 5.10 Å². The Morgan fingerprint density at radius 2 is 2.16 bits per heavy atom. The Balaban J connectivity index is 2.27. The summed E-state index contributed by atoms with van der Waals surface area (Å²) in [5.41, 5.74) is 0.428. The van der Waals surface area contributed by atoms with Crippen molar-refractivity contribution in [3.8, 4) is 0 Å². The van der Waals surface area contributed by atoms with Crippen molar-refractivity contribution in [2.75, 3.05) is 7.05 Å². The molecule has 0 saturated heterocycles. The van der Waals surface area contributed by atoms with Crippen LogP contribution in [0.5, 0.6) is 0 Å². The zero-order valence-electron chi connectivity index (χ0n) is 10.2. The fraction of sp³-hybridized carbons (Fsp3) is 0.300. The van der Waals surface area contributed by atoms with Crippen LogP contribution < -0.4 is 0 Å². The topological polar surface area (TPSA) is 55.2 Å². The molecule has 0 aliphatic rings. The van der Waals surface area contributed by atoms with Gasteiger partial charge >= 0.3 is 0 Å². The Hall–Kier alpha value is -0.600. The highest BCUT2D eigenvalue weighted by molar-refractivity contribution is 7.91. The van der Waals surface area contributed by atoms with Gasteiger partial charge < -0.3 is 0 Å². The largest absolute Gasteiger partial charge is 0.255 e. The lowest BCUT2D eigenvalue weighted by atomic mass is 10.4. The van der Waals surface area contributed by atoms with Gasteiger partial charge in [0.25, 0.3) is 10.0 Å². The summed E-state index contributed by atoms with van der Waals surface area (Å²) in [5.74, 6) is 0. The van der Waals surface area contributed by atoms with Crippen LogP contribution in [0.2, 0.25) is 10.2 Å². The van der Waals surface area contributed by atoms with Gasteiger partial charge in [-0.2, -0.15) is 9.40 Å². The molecule has 0 unspecified atom stereocenters. The van der Waals surface area contributed by atoms with E-state index in [-0.39, 0.29) is 15.8 Å². The van der Waals surface area contributed by atoms with Gasteiger partial charge in [0.1, 0.15) is 14.4 Å². The molecular formula is C10H11Cl2N3O2S2. The van der Waals surface area contributed by atoms with Gasteiger partial charge in [0, 0.05) is 14.1 Å². The number of nitrogens with zero attached hydrogens (tertiary/aromatic N) is 3. The van der Waals surface area contributed by atoms with E-state index in [4.69, 9.17) is 23.2 Å². The molecule has 0 fully saturated rings. The lowest BCUT2D eigenvalue weighted by molar-refractivity contribution is 0.461. The molecule has 19 heavy (non-hydrogen) atoms. The Labute approximate surface area is 125 Å². The predicted octanol–water partition coefficient (Wildman–Crippen LogP) is 2.61. The van der Waals surface area contributed by atoms with Crippen molar-refractivity contribution in [1.82, 2.24) is 14.1 Å². The number of sulfonamides is 1. The number of halogens is 2. The first-order chi connectivity index (χ1) is 8.84. The van der Waals surface area contributed by atoms with Crippen molar-refractivity contribution < 1.29 is 8.42 Å². The summed E-state index contributed by atoms with van der Waals surface area (Å²) in [4.78, 5) is 0. The molecule has 0 aliphatic heterocycles. The summed E-state index contributed by atoms with van der Waals surface area (Å²) >= 11 is 13.1. The molecule has 104 valence electrons. The molecular weight excluding hydrogens is 329 g/mol. The standard InChI is InChI=1S/C10H11Cl2N3O2S2/c1-14(19(16,17)8-4-3-5-18-8)6-7-9(11)10(12)15(2)13-7/h3-5H,6H2,1-2H3. The van der Waals surface area contributed by atoms with Gasteiger partial charge in [-0.1, -0.05) is 29.3 Å². The molecule has 0 bridgehead atoms. The molecule has 5 nitrogen and oxygen atoms in total. The van der Waals surface area contributed by atoms with E-state index in [0.717, 1.165) is 0 Å². The molecule has 0 amide bonds. The summed E-state index contributed by atoms with van der Waals surface area (Å²) in [6.07, 6.45) is 0. The second-order valence-electron chi connectivity index (χ2n) is 3.87. The van der Waals surface area contributed by atoms with Gasteiger partial charge in [0.05, 0.1) is 12.2 Å². The second-order valence-corrected chi connectivity index (χ2v) is 7.82. The molecule has 2 aromatic heterocycles. The van der Waals surface area contributed by atoms with Gasteiger partial charge in [-0.3, -0.25) is 4.68 Å². The number of thiophene rings is 1. The van der Waals surface area contributed by atoms with Crippen LogP contribution in [-0.2, 0) is 23.6 Å². The maximum atomic E-state index is 12.2. The third-order valence-electron chi connectivity index (χ3n) is 2.52. The van der Waals surface area contributed by atoms with E-state index in [1.165, 1.54) is 27.4 Å². The Morgan fingerprint density at radius 3 is 2.63 bits per heavy atom. The summed E-state index contributed by atoms with van der Waals surface area (Å²) < 4.78 is 27.3. The molecule has 0 aliphatic carbocycles. The fourth-order valence-electron chi connectivity index (χ4n) is 1.49. The van der Waals surface area contributed by atoms with Crippen LogP contribution in [0.1, 0.15) is 5.69 Å². The van der Waals surface area contributed by atoms with Crippen LogP contribution in [0.4, 0.5) is 0 Å². The normalized spacial score (nSPS) is 12.3. The first kappa shape index (κ1) is 14.8. The SMILES string of the molecule is CN(Cc1nn(C)c(Cl)c1Cl)S(=O)(=O)c1cccs1. The van der Waals surface area contributed by atoms with Crippen LogP contribution in [0.25, 0.3) is 0 Å². The van der Waals surface area contributed by atoms with Gasteiger partial charge in [-0.15, -0.1) is 11.3 Å². The molecule has 0 atom stereocenters. The first-order valence-corrected chi connectivity index (χ1v) is 8.28. The van der Waals surface area contributed by atoms with E-state index in [0.29, 0.717) is 10.8 Å². The minimum Gasteiger partial charge on any atom is -0.255 e. The molecule has 0 aromatic carbocycles. The number of aryl methyl sites for hydroxylation is 1. The highest BCUT2D eigenvalue weighted by Gasteiger charge is 2.24. The predicted molar refractivity (Wildman–Crippen MR) is 76.2 cm³/mol. The Morgan fingerprint density at radius 1 is 1.47 bits per heavy atom. The highest BCUT2D eigenvalue weighted by atomic mass is 35.5. The Kier molecular flexibility index (Phi) is 4.22. The number of hydrogen-bond donors (Lipinski definition) is 0. The van der Waals surface area contributed by atoms with Crippen molar-refractivity contribution in [3.63, 3.8) is 0 Å². The zero-order valence-corrected chi connectivity index (χ0v) is 13.3. The maximum Gasteiger partial charge on any atom is 0.252 e. The minimum absolute atomic E-state index is 0.0691. The first-order valence-electron chi connectivity index (χ1n) is 5.20. The minimum atomic E-state index is -3.51. The van der Waals surface area contributed by atoms with Crippen LogP contribution in [0.3, 0.4) is 0 Å². The summed E-state index contributed by atoms with van der Waals surface area (Å²) in [6, 6.07) is 3.25. The molecule has 2 heterocycles. The van der Waals surface area contributed by atoms with Crippen LogP contribution in [0, 0.1) is 0 Å². The van der Waals surface area contributed by atoms with Crippen molar-refractivity contribution in [2.24, 2.45) is 7.05 Å². The molecule has 2 aromatic rings. The molecule has 0 saturated carbocycles. The van der Waals surface area contributed by atoms with Gasteiger partial charge in [0.15, 0.2) is 0 Å². The van der Waals surface area contributed by atoms with E-state index >= 15 is 0 Å². The van der Waals surface area contributed by atoms with E-state index < -0.39 is 10.0 Å². The quantitative estimate of drug-likeness (QED) is 0.860. The Bertz CT molecular complexity index is 680. The number of aromatic nitrogens is 2. The van der Waals surface area contributed by atoms with Crippen LogP contribution in [0.15, 0.2) is 21.7 Å². The van der Waals surface area contributed by atoms with Gasteiger partial charge in [-0.25, -0.2) is 8.42 Å². The van der Waals surface area contributed by atoms with Crippen molar-refractivity contribution in [1.29, 1.82) is 0 Å². The van der Waals surface area contributed by atoms with Crippen molar-refractivity contribution in [3.05, 3.63) is 33.4 Å². The monoisotopic (exact) mass is 339 g/mol. The van der Waals surface area contributed by atoms with Crippen molar-refractivity contribution >= 4 is 44.6 Å². The number of rotatable bonds is 4. The average Bonchev–Trinajstić information content (AvgIpc) is 2.96. The second kappa shape index (κ2) is 5.41. The third kappa shape index (κ3) is 2.80. The maximum absolute atomic E-state index is 12.2. The summed E-state index contributed by atoms with van der Waals surface area (Å²) in [7, 11) is -0.389. The lowest BCUT2D eigenvalue weighted by Gasteiger charge is -2.14. The summed E-state index contributed by atoms with van der Waals surface area (Å²) in [5, 5.41) is 6.37. The molecule has 0 radical (unpaired) electrons. The smallest absolute Gasteiger partial charge is 0.252 e. The van der Waals surface area contributed by atoms with Gasteiger partial charge in [0.2, 0.25) is 0 Å². The molecule has 0 N–H and O–H groups in total. The lowest BCUT2D eigenvalue weighted by Crippen LogP contribution is -2.26. The van der Waals surface area contributed by atoms with Crippen molar-refractivity contribution in [2.45, 2.75) is 10.8 Å². The molecule has 2 rings (SSSR count). The number of hydrogen-bond acceptors (Lipinski definition) is 4. The highest BCUT2D eigenvalue weighted by Crippen LogP contribution is 2.27. The van der Waals surface area contributed by atoms with Crippen LogP contribution in [-0.4, -0.2) is 29.6 Å². The van der Waals surface area contributed by atoms with E-state index in [1.54, 1.807) is 24.6 Å². The van der Waals surface area contributed by atoms with E-state index in [1.807, 2.05) is 0 Å². The molecule has 0 spiro atoms. The van der Waals surface area contributed by atoms with Gasteiger partial charge in [-0.05, 0) is 11.4 Å². The zero-order chi connectivity index (χ0) is 14.2. The van der Waals surface area contributed by atoms with E-state index in [9.17, 15) is 8.42 Å². The fourth-order valence-corrected chi connectivity index (χ4v) is 4.19. The molecule has 9 heteroatoms. The van der Waals surface area contributed by atoms with Crippen LogP contribution >= 0.6 is 34.5 Å².